The normalized spacial score (nSPS) is 13.2. The Bertz CT molecular complexity index is 229. The molecule has 1 atom stereocenters. The molecule has 0 saturated heterocycles. The Balaban J connectivity index is 2.66. The molecule has 12 heavy (non-hydrogen) atoms. The maximum atomic E-state index is 5.88. The van der Waals surface area contributed by atoms with Crippen LogP contribution < -0.4 is 0 Å². The van der Waals surface area contributed by atoms with Crippen molar-refractivity contribution >= 4 is 22.9 Å². The van der Waals surface area contributed by atoms with Gasteiger partial charge in [0.2, 0.25) is 0 Å². The van der Waals surface area contributed by atoms with E-state index in [-0.39, 0.29) is 0 Å². The highest BCUT2D eigenvalue weighted by molar-refractivity contribution is 7.16. The molecule has 0 aliphatic carbocycles. The van der Waals surface area contributed by atoms with E-state index in [1.807, 2.05) is 6.07 Å². The Morgan fingerprint density at radius 1 is 1.42 bits per heavy atom. The van der Waals surface area contributed by atoms with E-state index in [0.717, 1.165) is 10.3 Å². The van der Waals surface area contributed by atoms with Crippen molar-refractivity contribution in [1.29, 1.82) is 0 Å². The van der Waals surface area contributed by atoms with Crippen molar-refractivity contribution in [3.63, 3.8) is 0 Å². The first-order valence-corrected chi connectivity index (χ1v) is 5.72. The number of rotatable bonds is 4. The van der Waals surface area contributed by atoms with E-state index in [0.29, 0.717) is 0 Å². The molecule has 1 heterocycles. The third kappa shape index (κ3) is 2.49. The lowest BCUT2D eigenvalue weighted by Gasteiger charge is -2.10. The molecule has 1 rings (SSSR count). The standard InChI is InChI=1S/C10H15ClS/c1-3-5-8(4-2)9-6-7-10(11)12-9/h6-8H,3-5H2,1-2H3. The van der Waals surface area contributed by atoms with Gasteiger partial charge < -0.3 is 0 Å². The molecule has 0 radical (unpaired) electrons. The van der Waals surface area contributed by atoms with Gasteiger partial charge in [0.05, 0.1) is 4.34 Å². The molecule has 0 nitrogen and oxygen atoms in total. The second kappa shape index (κ2) is 4.88. The fraction of sp³-hybridized carbons (Fsp3) is 0.600. The van der Waals surface area contributed by atoms with Crippen LogP contribution in [0.15, 0.2) is 12.1 Å². The second-order valence-electron chi connectivity index (χ2n) is 3.04. The van der Waals surface area contributed by atoms with Crippen LogP contribution in [0.25, 0.3) is 0 Å². The monoisotopic (exact) mass is 202 g/mol. The van der Waals surface area contributed by atoms with Crippen molar-refractivity contribution < 1.29 is 0 Å². The lowest BCUT2D eigenvalue weighted by Crippen LogP contribution is -1.92. The highest BCUT2D eigenvalue weighted by Gasteiger charge is 2.09. The zero-order chi connectivity index (χ0) is 8.97. The van der Waals surface area contributed by atoms with Gasteiger partial charge in [-0.15, -0.1) is 11.3 Å². The van der Waals surface area contributed by atoms with Gasteiger partial charge in [-0.25, -0.2) is 0 Å². The summed E-state index contributed by atoms with van der Waals surface area (Å²) < 4.78 is 0.916. The molecule has 0 aliphatic heterocycles. The molecule has 0 spiro atoms. The first-order chi connectivity index (χ1) is 5.77. The summed E-state index contributed by atoms with van der Waals surface area (Å²) in [7, 11) is 0. The fourth-order valence-corrected chi connectivity index (χ4v) is 2.72. The molecular formula is C10H15ClS. The van der Waals surface area contributed by atoms with Crippen molar-refractivity contribution in [1.82, 2.24) is 0 Å². The molecule has 0 aromatic carbocycles. The van der Waals surface area contributed by atoms with Crippen molar-refractivity contribution in [3.05, 3.63) is 21.3 Å². The van der Waals surface area contributed by atoms with E-state index in [4.69, 9.17) is 11.6 Å². The van der Waals surface area contributed by atoms with Crippen LogP contribution in [-0.2, 0) is 0 Å². The molecule has 0 aliphatic rings. The lowest BCUT2D eigenvalue weighted by molar-refractivity contribution is 0.605. The highest BCUT2D eigenvalue weighted by Crippen LogP contribution is 2.32. The minimum Gasteiger partial charge on any atom is -0.128 e. The summed E-state index contributed by atoms with van der Waals surface area (Å²) in [6, 6.07) is 4.16. The summed E-state index contributed by atoms with van der Waals surface area (Å²) in [6.07, 6.45) is 3.77. The largest absolute Gasteiger partial charge is 0.128 e. The van der Waals surface area contributed by atoms with Gasteiger partial charge in [0.25, 0.3) is 0 Å². The average molecular weight is 203 g/mol. The summed E-state index contributed by atoms with van der Waals surface area (Å²) in [5.74, 6) is 0.729. The summed E-state index contributed by atoms with van der Waals surface area (Å²) >= 11 is 7.61. The van der Waals surface area contributed by atoms with E-state index in [2.05, 4.69) is 19.9 Å². The summed E-state index contributed by atoms with van der Waals surface area (Å²) in [4.78, 5) is 1.45. The molecule has 1 aromatic heterocycles. The minimum atomic E-state index is 0.729. The Labute approximate surface area is 83.6 Å². The molecule has 0 saturated carbocycles. The summed E-state index contributed by atoms with van der Waals surface area (Å²) in [6.45, 7) is 4.48. The first kappa shape index (κ1) is 10.1. The Morgan fingerprint density at radius 3 is 2.58 bits per heavy atom. The Morgan fingerprint density at radius 2 is 2.17 bits per heavy atom. The van der Waals surface area contributed by atoms with Crippen molar-refractivity contribution in [3.8, 4) is 0 Å². The van der Waals surface area contributed by atoms with E-state index < -0.39 is 0 Å². The summed E-state index contributed by atoms with van der Waals surface area (Å²) in [5.41, 5.74) is 0. The molecule has 0 amide bonds. The average Bonchev–Trinajstić information content (AvgIpc) is 2.47. The predicted octanol–water partition coefficient (Wildman–Crippen LogP) is 4.70. The van der Waals surface area contributed by atoms with Gasteiger partial charge >= 0.3 is 0 Å². The molecule has 0 N–H and O–H groups in total. The second-order valence-corrected chi connectivity index (χ2v) is 4.78. The van der Waals surface area contributed by atoms with Gasteiger partial charge in [0, 0.05) is 4.88 Å². The third-order valence-corrected chi connectivity index (χ3v) is 3.52. The Hall–Kier alpha value is -0.0100. The van der Waals surface area contributed by atoms with E-state index in [1.54, 1.807) is 11.3 Å². The maximum absolute atomic E-state index is 5.88. The maximum Gasteiger partial charge on any atom is 0.0931 e. The van der Waals surface area contributed by atoms with E-state index in [9.17, 15) is 0 Å². The van der Waals surface area contributed by atoms with Gasteiger partial charge in [0.15, 0.2) is 0 Å². The van der Waals surface area contributed by atoms with Crippen LogP contribution in [0.4, 0.5) is 0 Å². The highest BCUT2D eigenvalue weighted by atomic mass is 35.5. The van der Waals surface area contributed by atoms with Crippen LogP contribution in [-0.4, -0.2) is 0 Å². The number of hydrogen-bond acceptors (Lipinski definition) is 1. The zero-order valence-electron chi connectivity index (χ0n) is 7.64. The van der Waals surface area contributed by atoms with Crippen LogP contribution >= 0.6 is 22.9 Å². The van der Waals surface area contributed by atoms with Crippen LogP contribution in [0.2, 0.25) is 4.34 Å². The van der Waals surface area contributed by atoms with Gasteiger partial charge in [-0.3, -0.25) is 0 Å². The Kier molecular flexibility index (Phi) is 4.10. The smallest absolute Gasteiger partial charge is 0.0931 e. The molecule has 1 unspecified atom stereocenters. The molecule has 0 fully saturated rings. The molecule has 1 aromatic rings. The van der Waals surface area contributed by atoms with Gasteiger partial charge in [-0.1, -0.05) is 31.9 Å². The van der Waals surface area contributed by atoms with Crippen LogP contribution in [0.5, 0.6) is 0 Å². The van der Waals surface area contributed by atoms with E-state index in [1.165, 1.54) is 24.1 Å². The lowest BCUT2D eigenvalue weighted by atomic mass is 9.99. The van der Waals surface area contributed by atoms with Crippen molar-refractivity contribution in [2.24, 2.45) is 0 Å². The van der Waals surface area contributed by atoms with Crippen LogP contribution in [0, 0.1) is 0 Å². The first-order valence-electron chi connectivity index (χ1n) is 4.53. The van der Waals surface area contributed by atoms with Crippen LogP contribution in [0.1, 0.15) is 43.9 Å². The van der Waals surface area contributed by atoms with Crippen LogP contribution in [0.3, 0.4) is 0 Å². The predicted molar refractivity (Wildman–Crippen MR) is 57.3 cm³/mol. The van der Waals surface area contributed by atoms with Gasteiger partial charge in [0.1, 0.15) is 0 Å². The zero-order valence-corrected chi connectivity index (χ0v) is 9.21. The number of halogens is 1. The van der Waals surface area contributed by atoms with E-state index >= 15 is 0 Å². The van der Waals surface area contributed by atoms with Gasteiger partial charge in [-0.05, 0) is 30.9 Å². The minimum absolute atomic E-state index is 0.729. The van der Waals surface area contributed by atoms with Crippen molar-refractivity contribution in [2.75, 3.05) is 0 Å². The quantitative estimate of drug-likeness (QED) is 0.664. The van der Waals surface area contributed by atoms with Crippen molar-refractivity contribution in [2.45, 2.75) is 39.0 Å². The summed E-state index contributed by atoms with van der Waals surface area (Å²) in [5, 5.41) is 0. The molecule has 68 valence electrons. The number of hydrogen-bond donors (Lipinski definition) is 0. The fourth-order valence-electron chi connectivity index (χ4n) is 1.44. The SMILES string of the molecule is CCCC(CC)c1ccc(Cl)s1. The number of thiophene rings is 1. The third-order valence-electron chi connectivity index (χ3n) is 2.13. The molecule has 2 heteroatoms. The topological polar surface area (TPSA) is 0 Å². The van der Waals surface area contributed by atoms with Gasteiger partial charge in [-0.2, -0.15) is 0 Å². The molecular weight excluding hydrogens is 188 g/mol. The molecule has 0 bridgehead atoms.